The molecule has 0 radical (unpaired) electrons. The Hall–Kier alpha value is -2.65. The van der Waals surface area contributed by atoms with Gasteiger partial charge in [0.2, 0.25) is 11.8 Å². The summed E-state index contributed by atoms with van der Waals surface area (Å²) in [6.07, 6.45) is 17.6. The summed E-state index contributed by atoms with van der Waals surface area (Å²) < 4.78 is 5.75. The summed E-state index contributed by atoms with van der Waals surface area (Å²) in [6.45, 7) is 10.4. The lowest BCUT2D eigenvalue weighted by Gasteiger charge is -2.29. The molecule has 3 rings (SSSR count). The summed E-state index contributed by atoms with van der Waals surface area (Å²) in [6, 6.07) is 0.308. The molecule has 0 aliphatic carbocycles. The van der Waals surface area contributed by atoms with Gasteiger partial charge in [0.25, 0.3) is 6.47 Å². The second kappa shape index (κ2) is 19.5. The second-order valence-electron chi connectivity index (χ2n) is 11.6. The molecule has 2 amide bonds. The second-order valence-corrected chi connectivity index (χ2v) is 11.6. The van der Waals surface area contributed by atoms with Crippen molar-refractivity contribution in [2.24, 2.45) is 5.92 Å². The van der Waals surface area contributed by atoms with Gasteiger partial charge in [-0.1, -0.05) is 31.6 Å². The summed E-state index contributed by atoms with van der Waals surface area (Å²) in [5, 5.41) is 6.89. The van der Waals surface area contributed by atoms with Crippen molar-refractivity contribution in [3.8, 4) is 0 Å². The molecule has 1 N–H and O–H groups in total. The van der Waals surface area contributed by atoms with Gasteiger partial charge in [0.15, 0.2) is 0 Å². The molecule has 2 atom stereocenters. The molecule has 3 heterocycles. The van der Waals surface area contributed by atoms with E-state index in [0.717, 1.165) is 96.4 Å². The largest absolute Gasteiger partial charge is 0.498 e. The molecule has 0 saturated carbocycles. The van der Waals surface area contributed by atoms with E-state index in [0.29, 0.717) is 31.5 Å². The van der Waals surface area contributed by atoms with E-state index >= 15 is 0 Å². The monoisotopic (exact) mass is 574 g/mol. The molecule has 41 heavy (non-hydrogen) atoms. The van der Waals surface area contributed by atoms with Crippen molar-refractivity contribution < 1.29 is 24.2 Å². The Labute approximate surface area is 247 Å². The van der Waals surface area contributed by atoms with Crippen LogP contribution in [0.15, 0.2) is 35.6 Å². The highest BCUT2D eigenvalue weighted by Gasteiger charge is 2.35. The van der Waals surface area contributed by atoms with E-state index in [-0.39, 0.29) is 18.3 Å². The molecule has 2 saturated heterocycles. The van der Waals surface area contributed by atoms with E-state index in [1.807, 2.05) is 11.8 Å². The molecule has 3 aliphatic rings. The first kappa shape index (κ1) is 34.6. The smallest absolute Gasteiger partial charge is 0.290 e. The molecule has 0 aromatic carbocycles. The van der Waals surface area contributed by atoms with Crippen molar-refractivity contribution in [2.75, 3.05) is 66.5 Å². The van der Waals surface area contributed by atoms with Gasteiger partial charge in [0.05, 0.1) is 18.9 Å². The SMILES string of the molecule is CCCCN(CCCCN(C)C)C(=O)CN1C[C@H](C2=C/C=C(\C)OCC\C=C\2)C[C@@H]1CCN1CCCC1=O.O=CO. The molecule has 0 unspecified atom stereocenters. The van der Waals surface area contributed by atoms with Crippen molar-refractivity contribution in [1.29, 1.82) is 0 Å². The first-order valence-electron chi connectivity index (χ1n) is 15.5. The molecule has 0 aromatic rings. The fourth-order valence-corrected chi connectivity index (χ4v) is 5.78. The number of hydrogen-bond donors (Lipinski definition) is 1. The van der Waals surface area contributed by atoms with Crippen LogP contribution in [-0.2, 0) is 19.1 Å². The molecule has 3 aliphatic heterocycles. The van der Waals surface area contributed by atoms with Crippen LogP contribution >= 0.6 is 0 Å². The number of amides is 2. The highest BCUT2D eigenvalue weighted by Crippen LogP contribution is 2.32. The summed E-state index contributed by atoms with van der Waals surface area (Å²) in [7, 11) is 4.21. The lowest BCUT2D eigenvalue weighted by atomic mass is 9.94. The van der Waals surface area contributed by atoms with Gasteiger partial charge in [-0.3, -0.25) is 19.3 Å². The van der Waals surface area contributed by atoms with Gasteiger partial charge in [-0.15, -0.1) is 0 Å². The Morgan fingerprint density at radius 2 is 1.90 bits per heavy atom. The maximum absolute atomic E-state index is 13.6. The zero-order chi connectivity index (χ0) is 30.0. The number of carbonyl (C=O) groups excluding carboxylic acids is 2. The summed E-state index contributed by atoms with van der Waals surface area (Å²) in [4.78, 5) is 43.0. The van der Waals surface area contributed by atoms with Gasteiger partial charge in [0.1, 0.15) is 0 Å². The molecule has 2 fully saturated rings. The van der Waals surface area contributed by atoms with Gasteiger partial charge >= 0.3 is 0 Å². The Balaban J connectivity index is 0.00000187. The van der Waals surface area contributed by atoms with Gasteiger partial charge in [-0.25, -0.2) is 0 Å². The molecule has 9 nitrogen and oxygen atoms in total. The van der Waals surface area contributed by atoms with Crippen molar-refractivity contribution >= 4 is 18.3 Å². The van der Waals surface area contributed by atoms with Crippen molar-refractivity contribution in [2.45, 2.75) is 77.7 Å². The molecular weight excluding hydrogens is 520 g/mol. The van der Waals surface area contributed by atoms with Gasteiger partial charge in [-0.05, 0) is 90.1 Å². The van der Waals surface area contributed by atoms with E-state index in [1.165, 1.54) is 5.57 Å². The minimum absolute atomic E-state index is 0.250. The average Bonchev–Trinajstić information content (AvgIpc) is 3.55. The standard InChI is InChI=1S/C31H52N4O3.CH2O2/c1-5-6-18-33(19-9-8-17-32(3)4)31(37)25-35-24-28(27-12-7-10-22-38-26(2)14-15-27)23-29(35)16-21-34-20-11-13-30(34)36;2-1-3/h7,12,14-15,28-29H,5-6,8-11,13,16-25H2,1-4H3;1H,(H,2,3)/b12-7+,26-14+,27-15+;/t28-,29+;/m1./s1. The van der Waals surface area contributed by atoms with E-state index in [2.05, 4.69) is 60.0 Å². The molecule has 0 aromatic heterocycles. The minimum atomic E-state index is -0.250. The Bertz CT molecular complexity index is 901. The normalized spacial score (nSPS) is 24.6. The number of unbranched alkanes of at least 4 members (excludes halogenated alkanes) is 2. The van der Waals surface area contributed by atoms with Gasteiger partial charge in [0, 0.05) is 45.2 Å². The molecule has 0 spiro atoms. The highest BCUT2D eigenvalue weighted by molar-refractivity contribution is 5.78. The third kappa shape index (κ3) is 12.8. The third-order valence-corrected chi connectivity index (χ3v) is 8.09. The van der Waals surface area contributed by atoms with Crippen LogP contribution in [0, 0.1) is 5.92 Å². The average molecular weight is 575 g/mol. The number of ether oxygens (including phenoxy) is 1. The fraction of sp³-hybridized carbons (Fsp3) is 0.719. The third-order valence-electron chi connectivity index (χ3n) is 8.09. The predicted molar refractivity (Wildman–Crippen MR) is 163 cm³/mol. The summed E-state index contributed by atoms with van der Waals surface area (Å²) in [5.41, 5.74) is 1.32. The maximum Gasteiger partial charge on any atom is 0.290 e. The topological polar surface area (TPSA) is 93.6 Å². The van der Waals surface area contributed by atoms with Crippen LogP contribution in [0.3, 0.4) is 0 Å². The number of nitrogens with zero attached hydrogens (tertiary/aromatic N) is 4. The van der Waals surface area contributed by atoms with E-state index in [4.69, 9.17) is 14.6 Å². The lowest BCUT2D eigenvalue weighted by molar-refractivity contribution is -0.133. The highest BCUT2D eigenvalue weighted by atomic mass is 16.5. The van der Waals surface area contributed by atoms with Crippen molar-refractivity contribution in [3.63, 3.8) is 0 Å². The fourth-order valence-electron chi connectivity index (χ4n) is 5.78. The van der Waals surface area contributed by atoms with Gasteiger partial charge in [-0.2, -0.15) is 0 Å². The quantitative estimate of drug-likeness (QED) is 0.246. The molecule has 9 heteroatoms. The number of allylic oxidation sites excluding steroid dienone is 4. The van der Waals surface area contributed by atoms with Crippen LogP contribution in [0.2, 0.25) is 0 Å². The van der Waals surface area contributed by atoms with Crippen LogP contribution in [-0.4, -0.2) is 116 Å². The zero-order valence-electron chi connectivity index (χ0n) is 25.9. The number of rotatable bonds is 14. The Morgan fingerprint density at radius 3 is 2.59 bits per heavy atom. The van der Waals surface area contributed by atoms with Crippen LogP contribution in [0.4, 0.5) is 0 Å². The maximum atomic E-state index is 13.6. The van der Waals surface area contributed by atoms with Crippen LogP contribution < -0.4 is 0 Å². The zero-order valence-corrected chi connectivity index (χ0v) is 25.9. The number of carbonyl (C=O) groups is 3. The predicted octanol–water partition coefficient (Wildman–Crippen LogP) is 4.17. The molecular formula is C32H54N4O5. The number of hydrogen-bond acceptors (Lipinski definition) is 6. The Morgan fingerprint density at radius 1 is 1.17 bits per heavy atom. The van der Waals surface area contributed by atoms with Crippen LogP contribution in [0.5, 0.6) is 0 Å². The van der Waals surface area contributed by atoms with E-state index in [1.54, 1.807) is 0 Å². The minimum Gasteiger partial charge on any atom is -0.498 e. The van der Waals surface area contributed by atoms with Crippen LogP contribution in [0.1, 0.15) is 71.6 Å². The first-order chi connectivity index (χ1) is 19.8. The van der Waals surface area contributed by atoms with E-state index < -0.39 is 0 Å². The molecule has 0 bridgehead atoms. The number of likely N-dealkylation sites (tertiary alicyclic amines) is 2. The van der Waals surface area contributed by atoms with E-state index in [9.17, 15) is 9.59 Å². The van der Waals surface area contributed by atoms with Crippen LogP contribution in [0.25, 0.3) is 0 Å². The summed E-state index contributed by atoms with van der Waals surface area (Å²) in [5.74, 6) is 1.87. The summed E-state index contributed by atoms with van der Waals surface area (Å²) >= 11 is 0. The number of carboxylic acid groups (broad SMARTS) is 1. The van der Waals surface area contributed by atoms with Crippen molar-refractivity contribution in [3.05, 3.63) is 35.6 Å². The lowest BCUT2D eigenvalue weighted by Crippen LogP contribution is -2.44. The van der Waals surface area contributed by atoms with Crippen molar-refractivity contribution in [1.82, 2.24) is 19.6 Å². The first-order valence-corrected chi connectivity index (χ1v) is 15.5. The van der Waals surface area contributed by atoms with Gasteiger partial charge < -0.3 is 24.5 Å². The molecule has 232 valence electrons. The Kier molecular flexibility index (Phi) is 16.4.